The number of anilines is 1. The van der Waals surface area contributed by atoms with Crippen LogP contribution in [0.3, 0.4) is 0 Å². The van der Waals surface area contributed by atoms with Gasteiger partial charge in [0, 0.05) is 17.9 Å². The van der Waals surface area contributed by atoms with Crippen molar-refractivity contribution in [1.82, 2.24) is 4.98 Å². The van der Waals surface area contributed by atoms with Crippen LogP contribution >= 0.6 is 12.2 Å². The molecule has 19 heavy (non-hydrogen) atoms. The highest BCUT2D eigenvalue weighted by molar-refractivity contribution is 7.80. The van der Waals surface area contributed by atoms with Crippen LogP contribution in [-0.4, -0.2) is 16.0 Å². The molecule has 0 unspecified atom stereocenters. The van der Waals surface area contributed by atoms with E-state index in [4.69, 9.17) is 22.4 Å². The molecular weight excluding hydrogens is 258 g/mol. The molecule has 0 radical (unpaired) electrons. The number of hydrogen-bond acceptors (Lipinski definition) is 4. The lowest BCUT2D eigenvalue weighted by Crippen LogP contribution is -2.25. The van der Waals surface area contributed by atoms with Gasteiger partial charge in [0.05, 0.1) is 18.5 Å². The minimum absolute atomic E-state index is 0.329. The Kier molecular flexibility index (Phi) is 3.21. The lowest BCUT2D eigenvalue weighted by Gasteiger charge is -2.23. The first-order valence-corrected chi connectivity index (χ1v) is 6.70. The minimum Gasteiger partial charge on any atom is -0.467 e. The number of nitrogens with two attached hydrogens (primary N) is 1. The Morgan fingerprint density at radius 1 is 1.47 bits per heavy atom. The van der Waals surface area contributed by atoms with Crippen molar-refractivity contribution in [3.63, 3.8) is 0 Å². The molecule has 3 rings (SSSR count). The molecule has 1 aliphatic carbocycles. The normalized spacial score (nSPS) is 14.3. The Bertz CT molecular complexity index is 578. The third kappa shape index (κ3) is 2.76. The standard InChI is InChI=1S/C14H15N3OS/c15-14(19)13-8-11(5-6-16-13)17(10-3-4-10)9-12-2-1-7-18-12/h1-2,5-8,10H,3-4,9H2,(H2,15,19). The lowest BCUT2D eigenvalue weighted by atomic mass is 10.2. The van der Waals surface area contributed by atoms with E-state index in [-0.39, 0.29) is 0 Å². The van der Waals surface area contributed by atoms with Gasteiger partial charge in [-0.2, -0.15) is 0 Å². The van der Waals surface area contributed by atoms with E-state index in [1.54, 1.807) is 12.5 Å². The maximum absolute atomic E-state index is 5.64. The van der Waals surface area contributed by atoms with Gasteiger partial charge >= 0.3 is 0 Å². The molecule has 1 fully saturated rings. The molecule has 2 N–H and O–H groups in total. The van der Waals surface area contributed by atoms with Crippen molar-refractivity contribution in [3.05, 3.63) is 48.2 Å². The summed E-state index contributed by atoms with van der Waals surface area (Å²) in [4.78, 5) is 6.83. The molecule has 0 saturated heterocycles. The topological polar surface area (TPSA) is 55.3 Å². The zero-order chi connectivity index (χ0) is 13.2. The van der Waals surface area contributed by atoms with Gasteiger partial charge in [0.15, 0.2) is 0 Å². The Labute approximate surface area is 117 Å². The van der Waals surface area contributed by atoms with E-state index in [0.29, 0.717) is 16.7 Å². The van der Waals surface area contributed by atoms with Gasteiger partial charge in [0.1, 0.15) is 10.7 Å². The number of furan rings is 1. The van der Waals surface area contributed by atoms with Crippen LogP contribution in [0, 0.1) is 0 Å². The van der Waals surface area contributed by atoms with E-state index in [9.17, 15) is 0 Å². The Balaban J connectivity index is 1.87. The molecular formula is C14H15N3OS. The van der Waals surface area contributed by atoms with Gasteiger partial charge in [-0.1, -0.05) is 12.2 Å². The SMILES string of the molecule is NC(=S)c1cc(N(Cc2ccco2)C2CC2)ccn1. The van der Waals surface area contributed by atoms with E-state index in [2.05, 4.69) is 9.88 Å². The molecule has 1 aliphatic rings. The van der Waals surface area contributed by atoms with Gasteiger partial charge in [-0.05, 0) is 37.1 Å². The largest absolute Gasteiger partial charge is 0.467 e. The molecule has 0 atom stereocenters. The summed E-state index contributed by atoms with van der Waals surface area (Å²) in [6, 6.07) is 8.41. The fraction of sp³-hybridized carbons (Fsp3) is 0.286. The third-order valence-corrected chi connectivity index (χ3v) is 3.43. The maximum atomic E-state index is 5.64. The van der Waals surface area contributed by atoms with Gasteiger partial charge in [-0.25, -0.2) is 0 Å². The van der Waals surface area contributed by atoms with Gasteiger partial charge < -0.3 is 15.1 Å². The van der Waals surface area contributed by atoms with Crippen LogP contribution in [0.1, 0.15) is 24.3 Å². The second kappa shape index (κ2) is 5.01. The summed E-state index contributed by atoms with van der Waals surface area (Å²) in [5.41, 5.74) is 7.40. The first kappa shape index (κ1) is 12.2. The lowest BCUT2D eigenvalue weighted by molar-refractivity contribution is 0.501. The number of hydrogen-bond donors (Lipinski definition) is 1. The average Bonchev–Trinajstić information content (AvgIpc) is 3.13. The first-order valence-electron chi connectivity index (χ1n) is 6.29. The molecule has 5 heteroatoms. The highest BCUT2D eigenvalue weighted by atomic mass is 32.1. The van der Waals surface area contributed by atoms with Crippen molar-refractivity contribution < 1.29 is 4.42 Å². The van der Waals surface area contributed by atoms with E-state index in [1.807, 2.05) is 24.3 Å². The van der Waals surface area contributed by atoms with Crippen molar-refractivity contribution in [2.24, 2.45) is 5.73 Å². The predicted octanol–water partition coefficient (Wildman–Crippen LogP) is 2.48. The molecule has 4 nitrogen and oxygen atoms in total. The van der Waals surface area contributed by atoms with Crippen LogP contribution in [0.5, 0.6) is 0 Å². The van der Waals surface area contributed by atoms with Gasteiger partial charge in [0.25, 0.3) is 0 Å². The number of aromatic nitrogens is 1. The van der Waals surface area contributed by atoms with Crippen molar-refractivity contribution >= 4 is 22.9 Å². The molecule has 0 aliphatic heterocycles. The number of pyridine rings is 1. The third-order valence-electron chi connectivity index (χ3n) is 3.22. The zero-order valence-electron chi connectivity index (χ0n) is 10.5. The minimum atomic E-state index is 0.329. The van der Waals surface area contributed by atoms with Crippen LogP contribution in [0.15, 0.2) is 41.1 Å². The van der Waals surface area contributed by atoms with E-state index in [1.165, 1.54) is 12.8 Å². The van der Waals surface area contributed by atoms with Crippen molar-refractivity contribution in [2.45, 2.75) is 25.4 Å². The average molecular weight is 273 g/mol. The molecule has 2 aromatic heterocycles. The molecule has 2 heterocycles. The second-order valence-electron chi connectivity index (χ2n) is 4.70. The fourth-order valence-electron chi connectivity index (χ4n) is 2.12. The molecule has 98 valence electrons. The number of nitrogens with zero attached hydrogens (tertiary/aromatic N) is 2. The number of rotatable bonds is 5. The van der Waals surface area contributed by atoms with Crippen LogP contribution in [0.2, 0.25) is 0 Å². The smallest absolute Gasteiger partial charge is 0.123 e. The van der Waals surface area contributed by atoms with E-state index in [0.717, 1.165) is 18.0 Å². The summed E-state index contributed by atoms with van der Waals surface area (Å²) in [6.07, 6.45) is 5.88. The summed E-state index contributed by atoms with van der Waals surface area (Å²) in [5.74, 6) is 0.959. The van der Waals surface area contributed by atoms with Gasteiger partial charge in [-0.3, -0.25) is 4.98 Å². The Morgan fingerprint density at radius 3 is 2.95 bits per heavy atom. The van der Waals surface area contributed by atoms with Crippen LogP contribution in [0.25, 0.3) is 0 Å². The summed E-state index contributed by atoms with van der Waals surface area (Å²) in [6.45, 7) is 0.762. The van der Waals surface area contributed by atoms with Gasteiger partial charge in [0.2, 0.25) is 0 Å². The van der Waals surface area contributed by atoms with E-state index < -0.39 is 0 Å². The quantitative estimate of drug-likeness (QED) is 0.848. The maximum Gasteiger partial charge on any atom is 0.123 e. The molecule has 2 aromatic rings. The van der Waals surface area contributed by atoms with Crippen LogP contribution in [-0.2, 0) is 6.54 Å². The fourth-order valence-corrected chi connectivity index (χ4v) is 2.23. The highest BCUT2D eigenvalue weighted by Crippen LogP contribution is 2.33. The first-order chi connectivity index (χ1) is 9.24. The summed E-state index contributed by atoms with van der Waals surface area (Å²) in [7, 11) is 0. The highest BCUT2D eigenvalue weighted by Gasteiger charge is 2.30. The van der Waals surface area contributed by atoms with E-state index >= 15 is 0 Å². The zero-order valence-corrected chi connectivity index (χ0v) is 11.3. The van der Waals surface area contributed by atoms with Crippen LogP contribution < -0.4 is 10.6 Å². The van der Waals surface area contributed by atoms with Crippen LogP contribution in [0.4, 0.5) is 5.69 Å². The Hall–Kier alpha value is -1.88. The monoisotopic (exact) mass is 273 g/mol. The summed E-state index contributed by atoms with van der Waals surface area (Å²) >= 11 is 4.98. The van der Waals surface area contributed by atoms with Crippen molar-refractivity contribution in [1.29, 1.82) is 0 Å². The second-order valence-corrected chi connectivity index (χ2v) is 5.14. The molecule has 0 amide bonds. The molecule has 1 saturated carbocycles. The summed E-state index contributed by atoms with van der Waals surface area (Å²) in [5, 5.41) is 0. The van der Waals surface area contributed by atoms with Crippen molar-refractivity contribution in [2.75, 3.05) is 4.90 Å². The number of thiocarbonyl (C=S) groups is 1. The Morgan fingerprint density at radius 2 is 2.32 bits per heavy atom. The predicted molar refractivity (Wildman–Crippen MR) is 78.0 cm³/mol. The van der Waals surface area contributed by atoms with Gasteiger partial charge in [-0.15, -0.1) is 0 Å². The van der Waals surface area contributed by atoms with Crippen molar-refractivity contribution in [3.8, 4) is 0 Å². The summed E-state index contributed by atoms with van der Waals surface area (Å²) < 4.78 is 5.43. The molecule has 0 bridgehead atoms. The molecule has 0 aromatic carbocycles. The molecule has 0 spiro atoms.